The molecule has 106 valence electrons. The fraction of sp³-hybridized carbons (Fsp3) is 0.0714. The molecule has 0 aliphatic heterocycles. The molecule has 0 saturated carbocycles. The van der Waals surface area contributed by atoms with E-state index in [-0.39, 0.29) is 0 Å². The molecule has 0 radical (unpaired) electrons. The Morgan fingerprint density at radius 1 is 1.14 bits per heavy atom. The van der Waals surface area contributed by atoms with Crippen molar-refractivity contribution in [2.24, 2.45) is 0 Å². The lowest BCUT2D eigenvalue weighted by molar-refractivity contribution is 0.414. The monoisotopic (exact) mass is 301 g/mol. The molecule has 0 atom stereocenters. The van der Waals surface area contributed by atoms with Crippen molar-refractivity contribution in [3.05, 3.63) is 47.5 Å². The summed E-state index contributed by atoms with van der Waals surface area (Å²) in [6, 6.07) is 12.8. The van der Waals surface area contributed by atoms with E-state index in [1.165, 1.54) is 0 Å². The molecular weight excluding hydrogens is 290 g/mol. The summed E-state index contributed by atoms with van der Waals surface area (Å²) in [5.41, 5.74) is 7.79. The van der Waals surface area contributed by atoms with Crippen molar-refractivity contribution in [3.63, 3.8) is 0 Å². The topological polar surface area (TPSA) is 78.8 Å². The van der Waals surface area contributed by atoms with Gasteiger partial charge in [-0.25, -0.2) is 0 Å². The minimum absolute atomic E-state index is 0.432. The zero-order valence-electron chi connectivity index (χ0n) is 11.2. The highest BCUT2D eigenvalue weighted by Gasteiger charge is 2.15. The molecule has 0 aliphatic rings. The van der Waals surface area contributed by atoms with Crippen molar-refractivity contribution in [2.75, 3.05) is 12.8 Å². The zero-order chi connectivity index (χ0) is 14.8. The molecule has 2 aromatic carbocycles. The molecule has 1 heterocycles. The van der Waals surface area contributed by atoms with Gasteiger partial charge in [0.25, 0.3) is 0 Å². The van der Waals surface area contributed by atoms with Gasteiger partial charge in [-0.3, -0.25) is 0 Å². The summed E-state index contributed by atoms with van der Waals surface area (Å²) in [6.07, 6.45) is 0. The number of hydrogen-bond donors (Lipinski definition) is 1. The summed E-state index contributed by atoms with van der Waals surface area (Å²) >= 11 is 6.24. The van der Waals surface area contributed by atoms with Gasteiger partial charge in [0.2, 0.25) is 0 Å². The molecule has 1 aromatic heterocycles. The first-order chi connectivity index (χ1) is 10.2. The standard InChI is InChI=1S/C14H12ClN5O/c1-21-10-7-5-9(6-8-10)20-14(17-18-19-20)11-3-2-4-12(16)13(11)15/h2-8H,16H2,1H3. The SMILES string of the molecule is COc1ccc(-n2nnnc2-c2cccc(N)c2Cl)cc1. The van der Waals surface area contributed by atoms with Gasteiger partial charge in [0.1, 0.15) is 5.75 Å². The number of halogens is 1. The molecule has 0 unspecified atom stereocenters. The van der Waals surface area contributed by atoms with E-state index >= 15 is 0 Å². The molecule has 7 heteroatoms. The Morgan fingerprint density at radius 2 is 1.90 bits per heavy atom. The van der Waals surface area contributed by atoms with Crippen LogP contribution in [0.2, 0.25) is 5.02 Å². The smallest absolute Gasteiger partial charge is 0.188 e. The van der Waals surface area contributed by atoms with Crippen LogP contribution in [0.5, 0.6) is 5.75 Å². The maximum atomic E-state index is 6.24. The fourth-order valence-electron chi connectivity index (χ4n) is 1.97. The van der Waals surface area contributed by atoms with Gasteiger partial charge in [0.15, 0.2) is 5.82 Å². The number of nitrogens with zero attached hydrogens (tertiary/aromatic N) is 4. The van der Waals surface area contributed by atoms with Crippen LogP contribution < -0.4 is 10.5 Å². The van der Waals surface area contributed by atoms with Gasteiger partial charge >= 0.3 is 0 Å². The zero-order valence-corrected chi connectivity index (χ0v) is 11.9. The van der Waals surface area contributed by atoms with Gasteiger partial charge in [-0.1, -0.05) is 17.7 Å². The molecule has 0 saturated heterocycles. The minimum Gasteiger partial charge on any atom is -0.497 e. The van der Waals surface area contributed by atoms with E-state index in [2.05, 4.69) is 15.5 Å². The van der Waals surface area contributed by atoms with Crippen LogP contribution in [0.25, 0.3) is 17.1 Å². The lowest BCUT2D eigenvalue weighted by Crippen LogP contribution is -2.01. The Labute approximate surface area is 126 Å². The Balaban J connectivity index is 2.10. The molecule has 6 nitrogen and oxygen atoms in total. The Bertz CT molecular complexity index is 769. The molecule has 3 aromatic rings. The van der Waals surface area contributed by atoms with Gasteiger partial charge in [0, 0.05) is 5.56 Å². The van der Waals surface area contributed by atoms with Crippen molar-refractivity contribution >= 4 is 17.3 Å². The molecule has 0 bridgehead atoms. The molecule has 0 amide bonds. The maximum absolute atomic E-state index is 6.24. The Morgan fingerprint density at radius 3 is 2.62 bits per heavy atom. The van der Waals surface area contributed by atoms with Crippen LogP contribution in [-0.4, -0.2) is 27.3 Å². The van der Waals surface area contributed by atoms with Gasteiger partial charge in [-0.2, -0.15) is 4.68 Å². The van der Waals surface area contributed by atoms with Crippen molar-refractivity contribution in [1.82, 2.24) is 20.2 Å². The van der Waals surface area contributed by atoms with E-state index in [4.69, 9.17) is 22.1 Å². The predicted molar refractivity (Wildman–Crippen MR) is 80.6 cm³/mol. The second-order valence-corrected chi connectivity index (χ2v) is 4.70. The number of hydrogen-bond acceptors (Lipinski definition) is 5. The number of benzene rings is 2. The average Bonchev–Trinajstić information content (AvgIpc) is 2.99. The molecule has 2 N–H and O–H groups in total. The number of nitrogen functional groups attached to an aromatic ring is 1. The summed E-state index contributed by atoms with van der Waals surface area (Å²) in [6.45, 7) is 0. The third-order valence-corrected chi connectivity index (χ3v) is 3.48. The predicted octanol–water partition coefficient (Wildman–Crippen LogP) is 2.57. The number of methoxy groups -OCH3 is 1. The lowest BCUT2D eigenvalue weighted by atomic mass is 10.2. The highest BCUT2D eigenvalue weighted by molar-refractivity contribution is 6.35. The van der Waals surface area contributed by atoms with Crippen LogP contribution in [0, 0.1) is 0 Å². The first-order valence-corrected chi connectivity index (χ1v) is 6.55. The minimum atomic E-state index is 0.432. The molecule has 0 fully saturated rings. The van der Waals surface area contributed by atoms with E-state index in [1.54, 1.807) is 17.9 Å². The summed E-state index contributed by atoms with van der Waals surface area (Å²) in [5.74, 6) is 1.29. The van der Waals surface area contributed by atoms with E-state index in [9.17, 15) is 0 Å². The molecule has 3 rings (SSSR count). The Kier molecular flexibility index (Phi) is 3.45. The largest absolute Gasteiger partial charge is 0.497 e. The third-order valence-electron chi connectivity index (χ3n) is 3.06. The van der Waals surface area contributed by atoms with Crippen LogP contribution in [0.3, 0.4) is 0 Å². The van der Waals surface area contributed by atoms with Crippen molar-refractivity contribution in [2.45, 2.75) is 0 Å². The Hall–Kier alpha value is -2.60. The van der Waals surface area contributed by atoms with Crippen molar-refractivity contribution in [1.29, 1.82) is 0 Å². The first-order valence-electron chi connectivity index (χ1n) is 6.18. The molecule has 21 heavy (non-hydrogen) atoms. The lowest BCUT2D eigenvalue weighted by Gasteiger charge is -2.08. The number of nitrogens with two attached hydrogens (primary N) is 1. The van der Waals surface area contributed by atoms with Gasteiger partial charge < -0.3 is 10.5 Å². The van der Waals surface area contributed by atoms with Crippen molar-refractivity contribution < 1.29 is 4.74 Å². The van der Waals surface area contributed by atoms with Crippen molar-refractivity contribution in [3.8, 4) is 22.8 Å². The number of ether oxygens (including phenoxy) is 1. The normalized spacial score (nSPS) is 10.6. The van der Waals surface area contributed by atoms with E-state index in [0.717, 1.165) is 11.4 Å². The average molecular weight is 302 g/mol. The number of anilines is 1. The fourth-order valence-corrected chi connectivity index (χ4v) is 2.19. The van der Waals surface area contributed by atoms with Crippen LogP contribution in [0.4, 0.5) is 5.69 Å². The summed E-state index contributed by atoms with van der Waals surface area (Å²) < 4.78 is 6.74. The highest BCUT2D eigenvalue weighted by Crippen LogP contribution is 2.31. The number of tetrazole rings is 1. The third kappa shape index (κ3) is 2.41. The van der Waals surface area contributed by atoms with E-state index < -0.39 is 0 Å². The van der Waals surface area contributed by atoms with Crippen LogP contribution in [0.1, 0.15) is 0 Å². The second kappa shape index (κ2) is 5.41. The van der Waals surface area contributed by atoms with Crippen LogP contribution in [0.15, 0.2) is 42.5 Å². The second-order valence-electron chi connectivity index (χ2n) is 4.32. The number of rotatable bonds is 3. The van der Waals surface area contributed by atoms with E-state index in [0.29, 0.717) is 22.1 Å². The van der Waals surface area contributed by atoms with Crippen LogP contribution in [-0.2, 0) is 0 Å². The van der Waals surface area contributed by atoms with Gasteiger partial charge in [0.05, 0.1) is 23.5 Å². The number of aromatic nitrogens is 4. The quantitative estimate of drug-likeness (QED) is 0.752. The first kappa shape index (κ1) is 13.4. The summed E-state index contributed by atoms with van der Waals surface area (Å²) in [5, 5.41) is 12.2. The molecular formula is C14H12ClN5O. The van der Waals surface area contributed by atoms with Crippen LogP contribution >= 0.6 is 11.6 Å². The summed E-state index contributed by atoms with van der Waals surface area (Å²) in [7, 11) is 1.62. The summed E-state index contributed by atoms with van der Waals surface area (Å²) in [4.78, 5) is 0. The van der Waals surface area contributed by atoms with E-state index in [1.807, 2.05) is 36.4 Å². The van der Waals surface area contributed by atoms with Gasteiger partial charge in [-0.15, -0.1) is 5.10 Å². The highest BCUT2D eigenvalue weighted by atomic mass is 35.5. The molecule has 0 spiro atoms. The maximum Gasteiger partial charge on any atom is 0.188 e. The van der Waals surface area contributed by atoms with Gasteiger partial charge in [-0.05, 0) is 46.8 Å². The molecule has 0 aliphatic carbocycles.